The lowest BCUT2D eigenvalue weighted by atomic mass is 10.2. The minimum Gasteiger partial charge on any atom is -0.465 e. The first kappa shape index (κ1) is 13.4. The Kier molecular flexibility index (Phi) is 8.57. The molecular weight excluding hydrogens is 182 g/mol. The Bertz CT molecular complexity index is 150. The summed E-state index contributed by atoms with van der Waals surface area (Å²) in [5.74, 6) is -0.0398. The van der Waals surface area contributed by atoms with Crippen molar-refractivity contribution in [3.63, 3.8) is 0 Å². The fraction of sp³-hybridized carbons (Fsp3) is 0.900. The summed E-state index contributed by atoms with van der Waals surface area (Å²) in [6.45, 7) is 5.47. The third-order valence-corrected chi connectivity index (χ3v) is 1.83. The summed E-state index contributed by atoms with van der Waals surface area (Å²) in [4.78, 5) is 11.0. The lowest BCUT2D eigenvalue weighted by Crippen LogP contribution is -2.29. The molecule has 0 rings (SSSR count). The molecule has 0 fully saturated rings. The smallest absolute Gasteiger partial charge is 0.319 e. The van der Waals surface area contributed by atoms with E-state index in [1.54, 1.807) is 0 Å². The topological polar surface area (TPSA) is 58.6 Å². The van der Waals surface area contributed by atoms with E-state index in [4.69, 9.17) is 9.84 Å². The first-order chi connectivity index (χ1) is 6.70. The van der Waals surface area contributed by atoms with Gasteiger partial charge in [-0.05, 0) is 12.3 Å². The summed E-state index contributed by atoms with van der Waals surface area (Å²) in [6, 6.07) is 0. The maximum Gasteiger partial charge on any atom is 0.319 e. The van der Waals surface area contributed by atoms with E-state index < -0.39 is 0 Å². The van der Waals surface area contributed by atoms with Crippen molar-refractivity contribution in [2.75, 3.05) is 26.3 Å². The molecule has 1 unspecified atom stereocenters. The monoisotopic (exact) mass is 203 g/mol. The van der Waals surface area contributed by atoms with Gasteiger partial charge in [-0.2, -0.15) is 0 Å². The first-order valence-corrected chi connectivity index (χ1v) is 5.17. The summed E-state index contributed by atoms with van der Waals surface area (Å²) >= 11 is 0. The molecule has 0 bridgehead atoms. The van der Waals surface area contributed by atoms with Crippen molar-refractivity contribution in [2.24, 2.45) is 5.92 Å². The fourth-order valence-electron chi connectivity index (χ4n) is 0.867. The SMILES string of the molecule is CCCCOC(=O)CNCC(C)CO. The van der Waals surface area contributed by atoms with Crippen LogP contribution in [0.2, 0.25) is 0 Å². The molecule has 0 saturated heterocycles. The van der Waals surface area contributed by atoms with Crippen molar-refractivity contribution in [1.82, 2.24) is 5.32 Å². The minimum atomic E-state index is -0.219. The van der Waals surface area contributed by atoms with Gasteiger partial charge in [-0.1, -0.05) is 20.3 Å². The van der Waals surface area contributed by atoms with Crippen molar-refractivity contribution in [3.05, 3.63) is 0 Å². The third-order valence-electron chi connectivity index (χ3n) is 1.83. The molecule has 4 heteroatoms. The van der Waals surface area contributed by atoms with Crippen molar-refractivity contribution in [1.29, 1.82) is 0 Å². The van der Waals surface area contributed by atoms with Crippen LogP contribution in [0.25, 0.3) is 0 Å². The number of rotatable bonds is 8. The van der Waals surface area contributed by atoms with E-state index in [0.29, 0.717) is 13.2 Å². The van der Waals surface area contributed by atoms with Gasteiger partial charge in [0.1, 0.15) is 0 Å². The molecule has 1 atom stereocenters. The van der Waals surface area contributed by atoms with Gasteiger partial charge in [-0.25, -0.2) is 0 Å². The van der Waals surface area contributed by atoms with Crippen molar-refractivity contribution in [2.45, 2.75) is 26.7 Å². The molecule has 0 radical (unpaired) electrons. The van der Waals surface area contributed by atoms with Gasteiger partial charge in [0.05, 0.1) is 13.2 Å². The number of carbonyl (C=O) groups excluding carboxylic acids is 1. The van der Waals surface area contributed by atoms with E-state index in [9.17, 15) is 4.79 Å². The Morgan fingerprint density at radius 1 is 1.57 bits per heavy atom. The second-order valence-electron chi connectivity index (χ2n) is 3.49. The van der Waals surface area contributed by atoms with Gasteiger partial charge in [0.2, 0.25) is 0 Å². The van der Waals surface area contributed by atoms with Crippen LogP contribution in [0, 0.1) is 5.92 Å². The van der Waals surface area contributed by atoms with Gasteiger partial charge >= 0.3 is 5.97 Å². The number of esters is 1. The Balaban J connectivity index is 3.26. The number of aliphatic hydroxyl groups is 1. The standard InChI is InChI=1S/C10H21NO3/c1-3-4-5-14-10(13)7-11-6-9(2)8-12/h9,11-12H,3-8H2,1-2H3. The minimum absolute atomic E-state index is 0.137. The second-order valence-corrected chi connectivity index (χ2v) is 3.49. The van der Waals surface area contributed by atoms with Crippen LogP contribution in [0.15, 0.2) is 0 Å². The van der Waals surface area contributed by atoms with Gasteiger partial charge in [0, 0.05) is 13.2 Å². The Labute approximate surface area is 85.6 Å². The number of hydrogen-bond acceptors (Lipinski definition) is 4. The highest BCUT2D eigenvalue weighted by molar-refractivity contribution is 5.71. The molecule has 2 N–H and O–H groups in total. The van der Waals surface area contributed by atoms with Gasteiger partial charge in [0.15, 0.2) is 0 Å². The summed E-state index contributed by atoms with van der Waals surface area (Å²) in [5, 5.41) is 11.6. The molecule has 0 amide bonds. The number of carbonyl (C=O) groups is 1. The zero-order valence-electron chi connectivity index (χ0n) is 9.08. The normalized spacial score (nSPS) is 12.5. The number of unbranched alkanes of at least 4 members (excludes halogenated alkanes) is 1. The largest absolute Gasteiger partial charge is 0.465 e. The van der Waals surface area contributed by atoms with Crippen LogP contribution in [0.5, 0.6) is 0 Å². The van der Waals surface area contributed by atoms with Crippen LogP contribution in [0.1, 0.15) is 26.7 Å². The molecule has 0 aliphatic carbocycles. The quantitative estimate of drug-likeness (QED) is 0.447. The van der Waals surface area contributed by atoms with E-state index in [1.807, 2.05) is 6.92 Å². The predicted octanol–water partition coefficient (Wildman–Crippen LogP) is 0.548. The van der Waals surface area contributed by atoms with Crippen LogP contribution >= 0.6 is 0 Å². The number of aliphatic hydroxyl groups excluding tert-OH is 1. The maximum atomic E-state index is 11.0. The van der Waals surface area contributed by atoms with Crippen LogP contribution in [-0.4, -0.2) is 37.4 Å². The number of ether oxygens (including phenoxy) is 1. The molecule has 0 aliphatic rings. The summed E-state index contributed by atoms with van der Waals surface area (Å²) in [6.07, 6.45) is 1.95. The Hall–Kier alpha value is -0.610. The van der Waals surface area contributed by atoms with E-state index in [2.05, 4.69) is 12.2 Å². The molecule has 0 heterocycles. The molecule has 0 aromatic carbocycles. The highest BCUT2D eigenvalue weighted by atomic mass is 16.5. The third kappa shape index (κ3) is 8.01. The van der Waals surface area contributed by atoms with Crippen LogP contribution in [0.4, 0.5) is 0 Å². The zero-order valence-corrected chi connectivity index (χ0v) is 9.08. The van der Waals surface area contributed by atoms with Crippen molar-refractivity contribution in [3.8, 4) is 0 Å². The second kappa shape index (κ2) is 8.97. The summed E-state index contributed by atoms with van der Waals surface area (Å²) in [5.41, 5.74) is 0. The summed E-state index contributed by atoms with van der Waals surface area (Å²) < 4.78 is 4.93. The fourth-order valence-corrected chi connectivity index (χ4v) is 0.867. The van der Waals surface area contributed by atoms with Crippen LogP contribution in [0.3, 0.4) is 0 Å². The number of nitrogens with one attached hydrogen (secondary N) is 1. The molecule has 0 aromatic rings. The molecule has 4 nitrogen and oxygen atoms in total. The van der Waals surface area contributed by atoms with Crippen LogP contribution in [-0.2, 0) is 9.53 Å². The molecular formula is C10H21NO3. The molecule has 0 aromatic heterocycles. The lowest BCUT2D eigenvalue weighted by Gasteiger charge is -2.09. The maximum absolute atomic E-state index is 11.0. The van der Waals surface area contributed by atoms with Gasteiger partial charge in [0.25, 0.3) is 0 Å². The molecule has 0 aliphatic heterocycles. The van der Waals surface area contributed by atoms with Gasteiger partial charge in [-0.3, -0.25) is 4.79 Å². The van der Waals surface area contributed by atoms with Crippen molar-refractivity contribution < 1.29 is 14.6 Å². The van der Waals surface area contributed by atoms with E-state index >= 15 is 0 Å². The molecule has 0 spiro atoms. The molecule has 14 heavy (non-hydrogen) atoms. The van der Waals surface area contributed by atoms with Gasteiger partial charge < -0.3 is 15.2 Å². The Morgan fingerprint density at radius 3 is 2.86 bits per heavy atom. The first-order valence-electron chi connectivity index (χ1n) is 5.17. The van der Waals surface area contributed by atoms with E-state index in [-0.39, 0.29) is 25.0 Å². The number of hydrogen-bond donors (Lipinski definition) is 2. The molecule has 0 saturated carbocycles. The lowest BCUT2D eigenvalue weighted by molar-refractivity contribution is -0.142. The Morgan fingerprint density at radius 2 is 2.29 bits per heavy atom. The van der Waals surface area contributed by atoms with E-state index in [0.717, 1.165) is 12.8 Å². The average Bonchev–Trinajstić information content (AvgIpc) is 2.18. The average molecular weight is 203 g/mol. The predicted molar refractivity (Wildman–Crippen MR) is 55.0 cm³/mol. The highest BCUT2D eigenvalue weighted by Crippen LogP contribution is 1.90. The summed E-state index contributed by atoms with van der Waals surface area (Å²) in [7, 11) is 0. The van der Waals surface area contributed by atoms with Gasteiger partial charge in [-0.15, -0.1) is 0 Å². The van der Waals surface area contributed by atoms with Crippen molar-refractivity contribution >= 4 is 5.97 Å². The molecule has 84 valence electrons. The zero-order chi connectivity index (χ0) is 10.8. The van der Waals surface area contributed by atoms with E-state index in [1.165, 1.54) is 0 Å². The van der Waals surface area contributed by atoms with Crippen LogP contribution < -0.4 is 5.32 Å². The highest BCUT2D eigenvalue weighted by Gasteiger charge is 2.03.